The minimum Gasteiger partial charge on any atom is -0.417 e. The van der Waals surface area contributed by atoms with Crippen LogP contribution in [-0.2, 0) is 12.6 Å². The summed E-state index contributed by atoms with van der Waals surface area (Å²) in [6.45, 7) is -1.15. The SMILES string of the molecule is CC1CCCc2c(C(F)(F)F)nn(-c3cccc(C(=O)N(C)c4ccc(OC(F)F)nc4)c3)c21. The number of pyridine rings is 1. The minimum absolute atomic E-state index is 0.116. The van der Waals surface area contributed by atoms with E-state index in [1.54, 1.807) is 12.1 Å². The maximum atomic E-state index is 13.6. The van der Waals surface area contributed by atoms with Gasteiger partial charge in [-0.25, -0.2) is 9.67 Å². The van der Waals surface area contributed by atoms with Gasteiger partial charge in [-0.15, -0.1) is 0 Å². The number of nitrogens with zero attached hydrogens (tertiary/aromatic N) is 4. The molecule has 6 nitrogen and oxygen atoms in total. The van der Waals surface area contributed by atoms with Crippen LogP contribution in [0.15, 0.2) is 42.6 Å². The normalized spacial score (nSPS) is 15.8. The van der Waals surface area contributed by atoms with Crippen LogP contribution in [0.25, 0.3) is 5.69 Å². The summed E-state index contributed by atoms with van der Waals surface area (Å²) in [7, 11) is 1.47. The molecule has 0 bridgehead atoms. The van der Waals surface area contributed by atoms with Crippen LogP contribution in [0.3, 0.4) is 0 Å². The first-order valence-electron chi connectivity index (χ1n) is 10.5. The number of aromatic nitrogens is 3. The Morgan fingerprint density at radius 1 is 1.24 bits per heavy atom. The Bertz CT molecular complexity index is 1190. The Morgan fingerprint density at radius 2 is 2.00 bits per heavy atom. The van der Waals surface area contributed by atoms with Gasteiger partial charge in [0.25, 0.3) is 5.91 Å². The average molecular weight is 480 g/mol. The molecule has 180 valence electrons. The summed E-state index contributed by atoms with van der Waals surface area (Å²) in [5.41, 5.74) is 0.710. The van der Waals surface area contributed by atoms with E-state index in [0.29, 0.717) is 29.9 Å². The summed E-state index contributed by atoms with van der Waals surface area (Å²) in [6.07, 6.45) is -1.67. The first-order chi connectivity index (χ1) is 16.1. The maximum absolute atomic E-state index is 13.6. The van der Waals surface area contributed by atoms with Gasteiger partial charge in [0.15, 0.2) is 5.69 Å². The highest BCUT2D eigenvalue weighted by molar-refractivity contribution is 6.05. The van der Waals surface area contributed by atoms with Crippen molar-refractivity contribution >= 4 is 11.6 Å². The minimum atomic E-state index is -4.58. The van der Waals surface area contributed by atoms with Crippen molar-refractivity contribution in [2.24, 2.45) is 0 Å². The Morgan fingerprint density at radius 3 is 2.65 bits per heavy atom. The number of anilines is 1. The van der Waals surface area contributed by atoms with E-state index in [1.807, 2.05) is 6.92 Å². The zero-order valence-electron chi connectivity index (χ0n) is 18.3. The topological polar surface area (TPSA) is 60.2 Å². The van der Waals surface area contributed by atoms with E-state index in [4.69, 9.17) is 0 Å². The van der Waals surface area contributed by atoms with Crippen LogP contribution in [-0.4, -0.2) is 34.3 Å². The molecule has 4 rings (SSSR count). The van der Waals surface area contributed by atoms with Gasteiger partial charge in [-0.05, 0) is 49.4 Å². The summed E-state index contributed by atoms with van der Waals surface area (Å²) in [5.74, 6) is -0.870. The van der Waals surface area contributed by atoms with Crippen LogP contribution in [0.1, 0.15) is 53.0 Å². The molecule has 0 fully saturated rings. The number of rotatable bonds is 5. The van der Waals surface area contributed by atoms with Crippen molar-refractivity contribution < 1.29 is 31.5 Å². The number of ether oxygens (including phenoxy) is 1. The number of hydrogen-bond acceptors (Lipinski definition) is 4. The van der Waals surface area contributed by atoms with Gasteiger partial charge in [-0.3, -0.25) is 4.79 Å². The van der Waals surface area contributed by atoms with E-state index in [9.17, 15) is 26.7 Å². The molecule has 2 aromatic heterocycles. The zero-order chi connectivity index (χ0) is 24.6. The monoisotopic (exact) mass is 480 g/mol. The Hall–Kier alpha value is -3.50. The molecule has 0 saturated carbocycles. The standard InChI is InChI=1S/C23H21F5N4O2/c1-13-5-3-8-17-19(13)32(30-20(17)23(26,27)28)15-7-4-6-14(11-15)21(33)31(2)16-9-10-18(29-12-16)34-22(24)25/h4,6-7,9-13,22H,3,5,8H2,1-2H3. The molecule has 0 radical (unpaired) electrons. The van der Waals surface area contributed by atoms with Crippen molar-refractivity contribution in [3.8, 4) is 11.6 Å². The third-order valence-electron chi connectivity index (χ3n) is 5.78. The molecule has 0 spiro atoms. The van der Waals surface area contributed by atoms with Crippen LogP contribution in [0.5, 0.6) is 5.88 Å². The second-order valence-corrected chi connectivity index (χ2v) is 8.06. The second-order valence-electron chi connectivity index (χ2n) is 8.06. The molecule has 2 heterocycles. The number of halogens is 5. The first kappa shape index (κ1) is 23.7. The lowest BCUT2D eigenvalue weighted by molar-refractivity contribution is -0.142. The van der Waals surface area contributed by atoms with E-state index in [1.165, 1.54) is 47.1 Å². The van der Waals surface area contributed by atoms with Gasteiger partial charge in [0.1, 0.15) is 0 Å². The van der Waals surface area contributed by atoms with Gasteiger partial charge in [0.05, 0.1) is 23.3 Å². The fraction of sp³-hybridized carbons (Fsp3) is 0.348. The van der Waals surface area contributed by atoms with Gasteiger partial charge in [-0.1, -0.05) is 13.0 Å². The lowest BCUT2D eigenvalue weighted by atomic mass is 9.87. The summed E-state index contributed by atoms with van der Waals surface area (Å²) in [4.78, 5) is 18.0. The van der Waals surface area contributed by atoms with E-state index in [2.05, 4.69) is 14.8 Å². The largest absolute Gasteiger partial charge is 0.435 e. The molecule has 3 aromatic rings. The van der Waals surface area contributed by atoms with Gasteiger partial charge in [-0.2, -0.15) is 27.1 Å². The molecule has 0 aliphatic heterocycles. The Balaban J connectivity index is 1.66. The lowest BCUT2D eigenvalue weighted by Crippen LogP contribution is -2.26. The van der Waals surface area contributed by atoms with Crippen LogP contribution in [0, 0.1) is 0 Å². The molecule has 1 atom stereocenters. The van der Waals surface area contributed by atoms with Gasteiger partial charge in [0, 0.05) is 24.2 Å². The molecule has 1 aliphatic carbocycles. The Kier molecular flexibility index (Phi) is 6.28. The van der Waals surface area contributed by atoms with E-state index < -0.39 is 24.4 Å². The van der Waals surface area contributed by atoms with Crippen LogP contribution in [0.4, 0.5) is 27.6 Å². The van der Waals surface area contributed by atoms with Crippen molar-refractivity contribution in [3.63, 3.8) is 0 Å². The molecule has 0 N–H and O–H groups in total. The molecule has 34 heavy (non-hydrogen) atoms. The summed E-state index contributed by atoms with van der Waals surface area (Å²) in [5, 5.41) is 3.90. The van der Waals surface area contributed by atoms with E-state index in [0.717, 1.165) is 6.42 Å². The second kappa shape index (κ2) is 9.03. The molecule has 1 amide bonds. The lowest BCUT2D eigenvalue weighted by Gasteiger charge is -2.22. The molecule has 0 saturated heterocycles. The molecule has 1 unspecified atom stereocenters. The van der Waals surface area contributed by atoms with Crippen molar-refractivity contribution in [1.82, 2.24) is 14.8 Å². The molecule has 1 aliphatic rings. The molecule has 1 aromatic carbocycles. The van der Waals surface area contributed by atoms with Crippen molar-refractivity contribution in [2.45, 2.75) is 44.9 Å². The van der Waals surface area contributed by atoms with Gasteiger partial charge in [0.2, 0.25) is 5.88 Å². The van der Waals surface area contributed by atoms with E-state index in [-0.39, 0.29) is 22.9 Å². The quantitative estimate of drug-likeness (QED) is 0.446. The van der Waals surface area contributed by atoms with Crippen LogP contribution >= 0.6 is 0 Å². The van der Waals surface area contributed by atoms with Crippen LogP contribution in [0.2, 0.25) is 0 Å². The van der Waals surface area contributed by atoms with Crippen LogP contribution < -0.4 is 9.64 Å². The number of hydrogen-bond donors (Lipinski definition) is 0. The number of amides is 1. The average Bonchev–Trinajstić information content (AvgIpc) is 3.20. The first-order valence-corrected chi connectivity index (χ1v) is 10.5. The predicted octanol–water partition coefficient (Wildman–Crippen LogP) is 5.60. The molecule has 11 heteroatoms. The number of carbonyl (C=O) groups excluding carboxylic acids is 1. The van der Waals surface area contributed by atoms with Crippen molar-refractivity contribution in [2.75, 3.05) is 11.9 Å². The summed E-state index contributed by atoms with van der Waals surface area (Å²) >= 11 is 0. The summed E-state index contributed by atoms with van der Waals surface area (Å²) in [6, 6.07) is 8.79. The highest BCUT2D eigenvalue weighted by Gasteiger charge is 2.41. The third kappa shape index (κ3) is 4.59. The van der Waals surface area contributed by atoms with Crippen molar-refractivity contribution in [1.29, 1.82) is 0 Å². The predicted molar refractivity (Wildman–Crippen MR) is 114 cm³/mol. The highest BCUT2D eigenvalue weighted by Crippen LogP contribution is 2.40. The smallest absolute Gasteiger partial charge is 0.417 e. The van der Waals surface area contributed by atoms with Crippen molar-refractivity contribution in [3.05, 3.63) is 65.1 Å². The Labute approximate surface area is 192 Å². The number of carbonyl (C=O) groups is 1. The van der Waals surface area contributed by atoms with Gasteiger partial charge < -0.3 is 9.64 Å². The fourth-order valence-electron chi connectivity index (χ4n) is 4.18. The number of alkyl halides is 5. The molecular weight excluding hydrogens is 459 g/mol. The highest BCUT2D eigenvalue weighted by atomic mass is 19.4. The van der Waals surface area contributed by atoms with Gasteiger partial charge >= 0.3 is 12.8 Å². The maximum Gasteiger partial charge on any atom is 0.435 e. The fourth-order valence-corrected chi connectivity index (χ4v) is 4.18. The number of benzene rings is 1. The number of fused-ring (bicyclic) bond motifs is 1. The zero-order valence-corrected chi connectivity index (χ0v) is 18.3. The van der Waals surface area contributed by atoms with E-state index >= 15 is 0 Å². The third-order valence-corrected chi connectivity index (χ3v) is 5.78. The molecular formula is C23H21F5N4O2. The summed E-state index contributed by atoms with van der Waals surface area (Å²) < 4.78 is 71.0.